The van der Waals surface area contributed by atoms with Crippen molar-refractivity contribution in [3.63, 3.8) is 0 Å². The molecule has 1 aromatic rings. The summed E-state index contributed by atoms with van der Waals surface area (Å²) in [4.78, 5) is 13.0. The van der Waals surface area contributed by atoms with E-state index in [0.29, 0.717) is 11.5 Å². The van der Waals surface area contributed by atoms with Crippen LogP contribution in [-0.2, 0) is 4.79 Å². The second-order valence-corrected chi connectivity index (χ2v) is 7.44. The van der Waals surface area contributed by atoms with Crippen molar-refractivity contribution in [2.24, 2.45) is 11.3 Å². The van der Waals surface area contributed by atoms with Gasteiger partial charge in [-0.25, -0.2) is 9.40 Å². The summed E-state index contributed by atoms with van der Waals surface area (Å²) in [5.41, 5.74) is 0.726. The third-order valence-electron chi connectivity index (χ3n) is 5.39. The van der Waals surface area contributed by atoms with E-state index in [1.54, 1.807) is 6.07 Å². The number of benzene rings is 1. The molecule has 120 valence electrons. The standard InChI is InChI=1S/C18H20FN3O/c1-18(9-12-2-3-12)11-21-5-4-16(22(21)17(18)23)14-6-13(10-20)7-15(19)8-14/h6-8,12,16H,2-5,9,11H2,1H3/t16-,18?/m0/s1. The van der Waals surface area contributed by atoms with E-state index in [1.165, 1.54) is 25.0 Å². The minimum absolute atomic E-state index is 0.147. The van der Waals surface area contributed by atoms with Crippen LogP contribution in [0.25, 0.3) is 0 Å². The molecule has 0 bridgehead atoms. The number of nitriles is 1. The molecule has 0 N–H and O–H groups in total. The van der Waals surface area contributed by atoms with Crippen molar-refractivity contribution in [3.05, 3.63) is 35.1 Å². The largest absolute Gasteiger partial charge is 0.273 e. The van der Waals surface area contributed by atoms with Gasteiger partial charge in [0.1, 0.15) is 5.82 Å². The molecular formula is C18H20FN3O. The average molecular weight is 313 g/mol. The summed E-state index contributed by atoms with van der Waals surface area (Å²) in [6, 6.07) is 6.25. The molecule has 2 heterocycles. The van der Waals surface area contributed by atoms with Crippen molar-refractivity contribution >= 4 is 5.91 Å². The number of carbonyl (C=O) groups excluding carboxylic acids is 1. The van der Waals surface area contributed by atoms with E-state index < -0.39 is 5.82 Å². The van der Waals surface area contributed by atoms with Crippen LogP contribution in [0.15, 0.2) is 18.2 Å². The lowest BCUT2D eigenvalue weighted by Crippen LogP contribution is -2.36. The molecule has 4 rings (SSSR count). The van der Waals surface area contributed by atoms with Gasteiger partial charge in [0, 0.05) is 13.1 Å². The number of amides is 1. The van der Waals surface area contributed by atoms with Crippen LogP contribution in [0, 0.1) is 28.5 Å². The highest BCUT2D eigenvalue weighted by Gasteiger charge is 2.54. The lowest BCUT2D eigenvalue weighted by molar-refractivity contribution is -0.143. The Morgan fingerprint density at radius 2 is 2.13 bits per heavy atom. The molecule has 2 atom stereocenters. The van der Waals surface area contributed by atoms with Gasteiger partial charge in [0.15, 0.2) is 0 Å². The van der Waals surface area contributed by atoms with Crippen LogP contribution in [0.4, 0.5) is 4.39 Å². The van der Waals surface area contributed by atoms with Gasteiger partial charge < -0.3 is 0 Å². The molecule has 4 nitrogen and oxygen atoms in total. The van der Waals surface area contributed by atoms with E-state index >= 15 is 0 Å². The Kier molecular flexibility index (Phi) is 3.21. The lowest BCUT2D eigenvalue weighted by atomic mass is 9.84. The summed E-state index contributed by atoms with van der Waals surface area (Å²) in [6.45, 7) is 3.64. The van der Waals surface area contributed by atoms with Crippen molar-refractivity contribution in [2.45, 2.75) is 38.6 Å². The zero-order valence-corrected chi connectivity index (χ0v) is 13.3. The van der Waals surface area contributed by atoms with Gasteiger partial charge in [-0.3, -0.25) is 9.80 Å². The first-order valence-electron chi connectivity index (χ1n) is 8.29. The summed E-state index contributed by atoms with van der Waals surface area (Å²) in [7, 11) is 0. The van der Waals surface area contributed by atoms with Crippen LogP contribution in [-0.4, -0.2) is 29.0 Å². The highest BCUT2D eigenvalue weighted by molar-refractivity contribution is 5.85. The summed E-state index contributed by atoms with van der Waals surface area (Å²) >= 11 is 0. The van der Waals surface area contributed by atoms with Crippen molar-refractivity contribution in [1.82, 2.24) is 10.0 Å². The highest BCUT2D eigenvalue weighted by atomic mass is 19.1. The fourth-order valence-corrected chi connectivity index (χ4v) is 4.16. The second kappa shape index (κ2) is 5.04. The summed E-state index contributed by atoms with van der Waals surface area (Å²) in [6.07, 6.45) is 4.22. The predicted molar refractivity (Wildman–Crippen MR) is 82.3 cm³/mol. The molecule has 2 saturated heterocycles. The minimum Gasteiger partial charge on any atom is -0.273 e. The highest BCUT2D eigenvalue weighted by Crippen LogP contribution is 2.48. The van der Waals surface area contributed by atoms with Gasteiger partial charge in [-0.15, -0.1) is 0 Å². The van der Waals surface area contributed by atoms with Gasteiger partial charge in [0.25, 0.3) is 0 Å². The van der Waals surface area contributed by atoms with Crippen molar-refractivity contribution in [3.8, 4) is 6.07 Å². The summed E-state index contributed by atoms with van der Waals surface area (Å²) < 4.78 is 13.8. The molecular weight excluding hydrogens is 293 g/mol. The van der Waals surface area contributed by atoms with Crippen molar-refractivity contribution in [2.75, 3.05) is 13.1 Å². The minimum atomic E-state index is -0.412. The summed E-state index contributed by atoms with van der Waals surface area (Å²) in [5, 5.41) is 13.0. The van der Waals surface area contributed by atoms with Crippen LogP contribution in [0.2, 0.25) is 0 Å². The number of hydrogen-bond acceptors (Lipinski definition) is 3. The van der Waals surface area contributed by atoms with Crippen LogP contribution in [0.1, 0.15) is 49.8 Å². The predicted octanol–water partition coefficient (Wildman–Crippen LogP) is 3.01. The van der Waals surface area contributed by atoms with Gasteiger partial charge in [0.2, 0.25) is 5.91 Å². The number of nitrogens with zero attached hydrogens (tertiary/aromatic N) is 3. The smallest absolute Gasteiger partial charge is 0.244 e. The first kappa shape index (κ1) is 14.6. The van der Waals surface area contributed by atoms with E-state index in [1.807, 2.05) is 11.1 Å². The van der Waals surface area contributed by atoms with Gasteiger partial charge >= 0.3 is 0 Å². The fraction of sp³-hybridized carbons (Fsp3) is 0.556. The van der Waals surface area contributed by atoms with Crippen molar-refractivity contribution in [1.29, 1.82) is 5.26 Å². The number of halogens is 1. The Labute approximate surface area is 135 Å². The van der Waals surface area contributed by atoms with E-state index in [0.717, 1.165) is 31.5 Å². The fourth-order valence-electron chi connectivity index (χ4n) is 4.16. The molecule has 23 heavy (non-hydrogen) atoms. The molecule has 2 aliphatic heterocycles. The lowest BCUT2D eigenvalue weighted by Gasteiger charge is -2.27. The van der Waals surface area contributed by atoms with Crippen molar-refractivity contribution < 1.29 is 9.18 Å². The van der Waals surface area contributed by atoms with Crippen LogP contribution < -0.4 is 0 Å². The normalized spacial score (nSPS) is 30.6. The number of carbonyl (C=O) groups is 1. The van der Waals surface area contributed by atoms with E-state index in [-0.39, 0.29) is 17.4 Å². The number of rotatable bonds is 3. The maximum absolute atomic E-state index is 13.8. The van der Waals surface area contributed by atoms with E-state index in [4.69, 9.17) is 5.26 Å². The first-order valence-corrected chi connectivity index (χ1v) is 8.29. The van der Waals surface area contributed by atoms with E-state index in [9.17, 15) is 9.18 Å². The quantitative estimate of drug-likeness (QED) is 0.862. The topological polar surface area (TPSA) is 47.3 Å². The molecule has 0 radical (unpaired) electrons. The van der Waals surface area contributed by atoms with Crippen LogP contribution >= 0.6 is 0 Å². The second-order valence-electron chi connectivity index (χ2n) is 7.44. The monoisotopic (exact) mass is 313 g/mol. The zero-order chi connectivity index (χ0) is 16.2. The molecule has 1 amide bonds. The third-order valence-corrected chi connectivity index (χ3v) is 5.39. The van der Waals surface area contributed by atoms with Gasteiger partial charge in [-0.05, 0) is 49.4 Å². The average Bonchev–Trinajstić information content (AvgIpc) is 3.16. The third kappa shape index (κ3) is 2.42. The van der Waals surface area contributed by atoms with Gasteiger partial charge in [0.05, 0.1) is 23.1 Å². The van der Waals surface area contributed by atoms with Crippen LogP contribution in [0.3, 0.4) is 0 Å². The van der Waals surface area contributed by atoms with E-state index in [2.05, 4.69) is 11.9 Å². The van der Waals surface area contributed by atoms with Gasteiger partial charge in [-0.2, -0.15) is 5.26 Å². The maximum atomic E-state index is 13.8. The number of fused-ring (bicyclic) bond motifs is 1. The number of hydrogen-bond donors (Lipinski definition) is 0. The van der Waals surface area contributed by atoms with Crippen LogP contribution in [0.5, 0.6) is 0 Å². The SMILES string of the molecule is CC1(CC2CC2)CN2CC[C@@H](c3cc(F)cc(C#N)c3)N2C1=O. The molecule has 1 aliphatic carbocycles. The number of hydrazine groups is 1. The Hall–Kier alpha value is -1.93. The molecule has 3 aliphatic rings. The molecule has 5 heteroatoms. The Balaban J connectivity index is 1.63. The van der Waals surface area contributed by atoms with Gasteiger partial charge in [-0.1, -0.05) is 12.8 Å². The summed E-state index contributed by atoms with van der Waals surface area (Å²) in [5.74, 6) is 0.447. The molecule has 0 spiro atoms. The Morgan fingerprint density at radius 3 is 2.83 bits per heavy atom. The maximum Gasteiger partial charge on any atom is 0.244 e. The molecule has 3 fully saturated rings. The molecule has 1 saturated carbocycles. The molecule has 0 aromatic heterocycles. The first-order chi connectivity index (χ1) is 11.0. The molecule has 1 aromatic carbocycles. The Bertz CT molecular complexity index is 709. The Morgan fingerprint density at radius 1 is 1.35 bits per heavy atom. The molecule has 1 unspecified atom stereocenters. The zero-order valence-electron chi connectivity index (χ0n) is 13.3.